The summed E-state index contributed by atoms with van der Waals surface area (Å²) in [4.78, 5) is 12.0. The number of nitrogens with one attached hydrogen (secondary N) is 2. The Morgan fingerprint density at radius 1 is 1.41 bits per heavy atom. The lowest BCUT2D eigenvalue weighted by Gasteiger charge is -2.22. The van der Waals surface area contributed by atoms with Crippen molar-refractivity contribution in [2.75, 3.05) is 5.32 Å². The predicted molar refractivity (Wildman–Crippen MR) is 102 cm³/mol. The van der Waals surface area contributed by atoms with Crippen molar-refractivity contribution in [1.29, 1.82) is 0 Å². The van der Waals surface area contributed by atoms with Gasteiger partial charge in [-0.05, 0) is 56.4 Å². The van der Waals surface area contributed by atoms with Crippen molar-refractivity contribution in [1.82, 2.24) is 15.6 Å². The van der Waals surface area contributed by atoms with Gasteiger partial charge in [-0.15, -0.1) is 5.10 Å². The van der Waals surface area contributed by atoms with Gasteiger partial charge in [-0.3, -0.25) is 5.32 Å². The number of hydrogen-bond acceptors (Lipinski definition) is 6. The van der Waals surface area contributed by atoms with Crippen molar-refractivity contribution in [3.63, 3.8) is 0 Å². The average Bonchev–Trinajstić information content (AvgIpc) is 3.09. The van der Waals surface area contributed by atoms with Crippen LogP contribution in [-0.2, 0) is 0 Å². The summed E-state index contributed by atoms with van der Waals surface area (Å²) in [6, 6.07) is 5.73. The molecule has 0 bridgehead atoms. The fourth-order valence-electron chi connectivity index (χ4n) is 2.70. The second-order valence-corrected chi connectivity index (χ2v) is 6.46. The van der Waals surface area contributed by atoms with Crippen LogP contribution in [0.2, 0.25) is 0 Å². The van der Waals surface area contributed by atoms with E-state index >= 15 is 0 Å². The second-order valence-electron chi connectivity index (χ2n) is 6.46. The summed E-state index contributed by atoms with van der Waals surface area (Å²) >= 11 is 0. The molecule has 3 N–H and O–H groups in total. The Labute approximate surface area is 156 Å². The largest absolute Gasteiger partial charge is 0.508 e. The van der Waals surface area contributed by atoms with Crippen molar-refractivity contribution >= 4 is 17.8 Å². The maximum absolute atomic E-state index is 12.0. The molecule has 1 aromatic heterocycles. The number of benzene rings is 1. The van der Waals surface area contributed by atoms with Crippen LogP contribution in [0, 0.1) is 5.92 Å². The molecule has 0 unspecified atom stereocenters. The van der Waals surface area contributed by atoms with Gasteiger partial charge >= 0.3 is 12.0 Å². The van der Waals surface area contributed by atoms with E-state index in [1.807, 2.05) is 13.8 Å². The lowest BCUT2D eigenvalue weighted by atomic mass is 9.85. The lowest BCUT2D eigenvalue weighted by Crippen LogP contribution is -2.27. The van der Waals surface area contributed by atoms with Gasteiger partial charge in [-0.25, -0.2) is 10.2 Å². The molecule has 140 valence electrons. The predicted octanol–water partition coefficient (Wildman–Crippen LogP) is 3.85. The van der Waals surface area contributed by atoms with Gasteiger partial charge in [0.1, 0.15) is 5.75 Å². The number of anilines is 1. The molecule has 1 aliphatic rings. The molecule has 8 nitrogen and oxygen atoms in total. The van der Waals surface area contributed by atoms with E-state index in [1.54, 1.807) is 12.1 Å². The lowest BCUT2D eigenvalue weighted by molar-refractivity contribution is 0.252. The van der Waals surface area contributed by atoms with Crippen LogP contribution in [0.25, 0.3) is 11.5 Å². The zero-order chi connectivity index (χ0) is 19.4. The molecule has 1 atom stereocenters. The zero-order valence-corrected chi connectivity index (χ0v) is 15.2. The number of carbonyl (C=O) groups is 1. The SMILES string of the molecule is C=C(C)[C@@H]1CC=C(C)/C(=N/NC(=O)Nc2nnc(-c3cccc(O)c3)o2)C1. The summed E-state index contributed by atoms with van der Waals surface area (Å²) in [5.41, 5.74) is 5.95. The summed E-state index contributed by atoms with van der Waals surface area (Å²) in [6.45, 7) is 7.96. The Morgan fingerprint density at radius 3 is 2.96 bits per heavy atom. The minimum Gasteiger partial charge on any atom is -0.508 e. The van der Waals surface area contributed by atoms with E-state index in [9.17, 15) is 9.90 Å². The number of hydrogen-bond donors (Lipinski definition) is 3. The van der Waals surface area contributed by atoms with Crippen molar-refractivity contribution in [2.24, 2.45) is 11.0 Å². The van der Waals surface area contributed by atoms with Crippen LogP contribution in [0.4, 0.5) is 10.8 Å². The molecule has 8 heteroatoms. The van der Waals surface area contributed by atoms with Crippen LogP contribution in [0.15, 0.2) is 57.6 Å². The molecule has 0 saturated carbocycles. The van der Waals surface area contributed by atoms with Crippen molar-refractivity contribution in [3.05, 3.63) is 48.1 Å². The van der Waals surface area contributed by atoms with E-state index in [0.717, 1.165) is 29.7 Å². The van der Waals surface area contributed by atoms with Crippen molar-refractivity contribution < 1.29 is 14.3 Å². The Balaban J connectivity index is 1.62. The van der Waals surface area contributed by atoms with Crippen LogP contribution >= 0.6 is 0 Å². The van der Waals surface area contributed by atoms with Crippen LogP contribution in [0.1, 0.15) is 26.7 Å². The van der Waals surface area contributed by atoms with E-state index in [4.69, 9.17) is 4.42 Å². The quantitative estimate of drug-likeness (QED) is 0.561. The Bertz CT molecular complexity index is 929. The second kappa shape index (κ2) is 7.86. The number of nitrogens with zero attached hydrogens (tertiary/aromatic N) is 3. The Morgan fingerprint density at radius 2 is 2.22 bits per heavy atom. The third-order valence-corrected chi connectivity index (χ3v) is 4.33. The van der Waals surface area contributed by atoms with E-state index in [0.29, 0.717) is 11.5 Å². The highest BCUT2D eigenvalue weighted by atomic mass is 16.4. The Hall–Kier alpha value is -3.42. The topological polar surface area (TPSA) is 113 Å². The van der Waals surface area contributed by atoms with Gasteiger partial charge < -0.3 is 9.52 Å². The first-order valence-corrected chi connectivity index (χ1v) is 8.51. The monoisotopic (exact) mass is 367 g/mol. The van der Waals surface area contributed by atoms with E-state index in [-0.39, 0.29) is 17.7 Å². The molecule has 27 heavy (non-hydrogen) atoms. The van der Waals surface area contributed by atoms with Gasteiger partial charge in [-0.1, -0.05) is 29.4 Å². The first-order valence-electron chi connectivity index (χ1n) is 8.51. The number of phenolic OH excluding ortho intramolecular Hbond substituents is 1. The number of carbonyl (C=O) groups excluding carboxylic acids is 1. The van der Waals surface area contributed by atoms with E-state index in [1.165, 1.54) is 12.1 Å². The summed E-state index contributed by atoms with van der Waals surface area (Å²) < 4.78 is 5.38. The van der Waals surface area contributed by atoms with Gasteiger partial charge in [0, 0.05) is 5.56 Å². The summed E-state index contributed by atoms with van der Waals surface area (Å²) in [5, 5.41) is 23.7. The van der Waals surface area contributed by atoms with Crippen molar-refractivity contribution in [3.8, 4) is 17.2 Å². The number of aromatic nitrogens is 2. The standard InChI is InChI=1S/C19H21N5O3/c1-11(2)13-8-7-12(3)16(10-13)21-23-18(26)20-19-24-22-17(27-19)14-5-4-6-15(25)9-14/h4-7,9,13,25H,1,8,10H2,2-3H3,(H2,20,23,24,26)/b21-16+/t13-/m1/s1. The first-order chi connectivity index (χ1) is 12.9. The van der Waals surface area contributed by atoms with Crippen LogP contribution < -0.4 is 10.7 Å². The van der Waals surface area contributed by atoms with Gasteiger partial charge in [0.15, 0.2) is 0 Å². The molecule has 0 spiro atoms. The molecule has 0 radical (unpaired) electrons. The third kappa shape index (κ3) is 4.60. The number of amides is 2. The van der Waals surface area contributed by atoms with Crippen LogP contribution in [-0.4, -0.2) is 27.0 Å². The molecule has 0 saturated heterocycles. The van der Waals surface area contributed by atoms with Crippen molar-refractivity contribution in [2.45, 2.75) is 26.7 Å². The maximum atomic E-state index is 12.0. The molecule has 2 aromatic rings. The summed E-state index contributed by atoms with van der Waals surface area (Å²) in [7, 11) is 0. The number of rotatable bonds is 4. The number of urea groups is 1. The highest BCUT2D eigenvalue weighted by Gasteiger charge is 2.19. The summed E-state index contributed by atoms with van der Waals surface area (Å²) in [6.07, 6.45) is 3.77. The van der Waals surface area contributed by atoms with Crippen LogP contribution in [0.5, 0.6) is 5.75 Å². The van der Waals surface area contributed by atoms with Gasteiger partial charge in [0.25, 0.3) is 0 Å². The zero-order valence-electron chi connectivity index (χ0n) is 15.2. The summed E-state index contributed by atoms with van der Waals surface area (Å²) in [5.74, 6) is 0.596. The molecule has 1 aliphatic carbocycles. The van der Waals surface area contributed by atoms with E-state index < -0.39 is 6.03 Å². The highest BCUT2D eigenvalue weighted by Crippen LogP contribution is 2.26. The average molecular weight is 367 g/mol. The number of allylic oxidation sites excluding steroid dienone is 3. The molecular formula is C19H21N5O3. The van der Waals surface area contributed by atoms with Crippen LogP contribution in [0.3, 0.4) is 0 Å². The minimum absolute atomic E-state index is 0.0678. The first kappa shape index (κ1) is 18.4. The molecule has 1 aromatic carbocycles. The third-order valence-electron chi connectivity index (χ3n) is 4.33. The van der Waals surface area contributed by atoms with Gasteiger partial charge in [-0.2, -0.15) is 5.10 Å². The number of phenols is 1. The molecule has 3 rings (SSSR count). The minimum atomic E-state index is -0.584. The Kier molecular flexibility index (Phi) is 5.35. The van der Waals surface area contributed by atoms with Gasteiger partial charge in [0.2, 0.25) is 5.89 Å². The highest BCUT2D eigenvalue weighted by molar-refractivity contribution is 6.01. The molecular weight excluding hydrogens is 346 g/mol. The fraction of sp³-hybridized carbons (Fsp3) is 0.263. The molecule has 2 amide bonds. The molecule has 0 aliphatic heterocycles. The number of hydrazone groups is 1. The normalized spacial score (nSPS) is 18.1. The fourth-order valence-corrected chi connectivity index (χ4v) is 2.70. The molecule has 0 fully saturated rings. The number of aromatic hydroxyl groups is 1. The van der Waals surface area contributed by atoms with E-state index in [2.05, 4.69) is 38.7 Å². The van der Waals surface area contributed by atoms with Gasteiger partial charge in [0.05, 0.1) is 5.71 Å². The maximum Gasteiger partial charge on any atom is 0.343 e. The smallest absolute Gasteiger partial charge is 0.343 e. The molecule has 1 heterocycles.